The molecular weight excluding hydrogens is 546 g/mol. The third-order valence-corrected chi connectivity index (χ3v) is 9.99. The number of carbonyl (C=O) groups is 3. The van der Waals surface area contributed by atoms with E-state index in [4.69, 9.17) is 9.47 Å². The first-order chi connectivity index (χ1) is 20.5. The van der Waals surface area contributed by atoms with Crippen LogP contribution in [0.15, 0.2) is 49.6 Å². The number of fused-ring (bicyclic) bond motifs is 1. The van der Waals surface area contributed by atoms with Crippen LogP contribution in [0.2, 0.25) is 0 Å². The Labute approximate surface area is 256 Å². The van der Waals surface area contributed by atoms with Crippen LogP contribution < -0.4 is 9.80 Å². The Kier molecular flexibility index (Phi) is 9.76. The largest absolute Gasteiger partial charge is 0.465 e. The van der Waals surface area contributed by atoms with Gasteiger partial charge in [-0.05, 0) is 69.7 Å². The average molecular weight is 596 g/mol. The van der Waals surface area contributed by atoms with Gasteiger partial charge in [0.2, 0.25) is 5.91 Å². The molecule has 3 aliphatic heterocycles. The second-order valence-corrected chi connectivity index (χ2v) is 12.6. The molecule has 0 aromatic heterocycles. The molecule has 1 spiro atoms. The van der Waals surface area contributed by atoms with Gasteiger partial charge in [-0.3, -0.25) is 14.4 Å². The molecule has 1 aromatic rings. The lowest BCUT2D eigenvalue weighted by molar-refractivity contribution is -0.162. The van der Waals surface area contributed by atoms with Gasteiger partial charge in [0, 0.05) is 31.0 Å². The van der Waals surface area contributed by atoms with Crippen molar-refractivity contribution in [2.24, 2.45) is 23.7 Å². The molecule has 0 saturated carbocycles. The number of esters is 1. The van der Waals surface area contributed by atoms with Crippen molar-refractivity contribution in [2.75, 3.05) is 42.6 Å². The Bertz CT molecular complexity index is 1210. The molecule has 7 atom stereocenters. The van der Waals surface area contributed by atoms with E-state index in [1.165, 1.54) is 4.90 Å². The number of rotatable bonds is 14. The number of aliphatic hydroxyl groups excluding tert-OH is 1. The summed E-state index contributed by atoms with van der Waals surface area (Å²) in [7, 11) is 0. The van der Waals surface area contributed by atoms with E-state index in [0.717, 1.165) is 18.8 Å². The summed E-state index contributed by atoms with van der Waals surface area (Å²) >= 11 is 0. The first-order valence-electron chi connectivity index (χ1n) is 15.6. The SMILES string of the molecule is C=CCCOC(=O)[C@@H]1[C@H]2C(=O)N([C@@H](CO)C(C)C)C(C(=O)N(CC=C)c3ccc(N(CC)CC)cc3)C23CC(C)[C@@]1(C)O3. The molecule has 3 unspecified atom stereocenters. The predicted octanol–water partition coefficient (Wildman–Crippen LogP) is 4.20. The topological polar surface area (TPSA) is 99.6 Å². The van der Waals surface area contributed by atoms with E-state index < -0.39 is 41.1 Å². The Hall–Kier alpha value is -3.17. The van der Waals surface area contributed by atoms with Crippen molar-refractivity contribution in [2.45, 2.75) is 77.7 Å². The highest BCUT2D eigenvalue weighted by molar-refractivity contribution is 6.05. The maximum Gasteiger partial charge on any atom is 0.312 e. The summed E-state index contributed by atoms with van der Waals surface area (Å²) in [5.74, 6) is -3.20. The molecule has 0 aliphatic carbocycles. The first kappa shape index (κ1) is 32.7. The average Bonchev–Trinajstić information content (AvgIpc) is 3.49. The molecule has 9 nitrogen and oxygen atoms in total. The number of aliphatic hydroxyl groups is 1. The Morgan fingerprint density at radius 2 is 1.79 bits per heavy atom. The quantitative estimate of drug-likeness (QED) is 0.196. The summed E-state index contributed by atoms with van der Waals surface area (Å²) in [5, 5.41) is 10.5. The maximum absolute atomic E-state index is 14.9. The van der Waals surface area contributed by atoms with E-state index >= 15 is 0 Å². The molecule has 9 heteroatoms. The zero-order valence-electron chi connectivity index (χ0n) is 26.6. The van der Waals surface area contributed by atoms with Crippen molar-refractivity contribution in [1.82, 2.24) is 4.90 Å². The van der Waals surface area contributed by atoms with E-state index in [1.807, 2.05) is 52.0 Å². The number of benzene rings is 1. The first-order valence-corrected chi connectivity index (χ1v) is 15.6. The van der Waals surface area contributed by atoms with Crippen molar-refractivity contribution in [3.05, 3.63) is 49.6 Å². The van der Waals surface area contributed by atoms with Crippen LogP contribution in [0.5, 0.6) is 0 Å². The normalized spacial score (nSPS) is 29.9. The number of anilines is 2. The molecule has 3 aliphatic rings. The third kappa shape index (κ3) is 5.29. The molecule has 2 amide bonds. The minimum absolute atomic E-state index is 0.114. The van der Waals surface area contributed by atoms with Gasteiger partial charge >= 0.3 is 5.97 Å². The fourth-order valence-electron chi connectivity index (χ4n) is 7.66. The smallest absolute Gasteiger partial charge is 0.312 e. The van der Waals surface area contributed by atoms with Crippen LogP contribution in [0.4, 0.5) is 11.4 Å². The van der Waals surface area contributed by atoms with E-state index in [0.29, 0.717) is 18.5 Å². The molecule has 3 fully saturated rings. The molecule has 236 valence electrons. The molecule has 4 rings (SSSR count). The molecule has 0 radical (unpaired) electrons. The van der Waals surface area contributed by atoms with E-state index in [9.17, 15) is 19.5 Å². The van der Waals surface area contributed by atoms with Crippen molar-refractivity contribution >= 4 is 29.2 Å². The van der Waals surface area contributed by atoms with Gasteiger partial charge in [0.1, 0.15) is 17.6 Å². The van der Waals surface area contributed by atoms with Crippen molar-refractivity contribution in [3.8, 4) is 0 Å². The molecule has 3 heterocycles. The second-order valence-electron chi connectivity index (χ2n) is 12.6. The Morgan fingerprint density at radius 1 is 1.16 bits per heavy atom. The highest BCUT2D eigenvalue weighted by Gasteiger charge is 2.81. The number of amides is 2. The molecule has 3 saturated heterocycles. The lowest BCUT2D eigenvalue weighted by atomic mass is 9.62. The van der Waals surface area contributed by atoms with Gasteiger partial charge < -0.3 is 29.3 Å². The molecule has 43 heavy (non-hydrogen) atoms. The second kappa shape index (κ2) is 12.8. The van der Waals surface area contributed by atoms with Gasteiger partial charge in [0.25, 0.3) is 5.91 Å². The minimum atomic E-state index is -1.24. The number of hydrogen-bond acceptors (Lipinski definition) is 7. The van der Waals surface area contributed by atoms with Gasteiger partial charge in [0.15, 0.2) is 0 Å². The molecule has 1 aromatic carbocycles. The van der Waals surface area contributed by atoms with E-state index in [1.54, 1.807) is 17.1 Å². The summed E-state index contributed by atoms with van der Waals surface area (Å²) in [4.78, 5) is 48.4. The van der Waals surface area contributed by atoms with Gasteiger partial charge in [-0.15, -0.1) is 13.2 Å². The van der Waals surface area contributed by atoms with E-state index in [2.05, 4.69) is 31.9 Å². The van der Waals surface area contributed by atoms with Gasteiger partial charge in [-0.1, -0.05) is 32.9 Å². The maximum atomic E-state index is 14.9. The highest BCUT2D eigenvalue weighted by atomic mass is 16.6. The standard InChI is InChI=1S/C34H49N3O6/c1-9-13-19-42-32(41)28-27-30(39)37(26(21-38)22(5)6)29(34(27)20-23(7)33(28,8)43-34)31(40)36(18-10-2)25-16-14-24(15-17-25)35(11-3)12-4/h9-10,14-17,22-23,26-29,38H,1-2,11-13,18-21H2,3-8H3/t23?,26-,27-,28-,29?,33+,34?/m0/s1. The van der Waals surface area contributed by atoms with Crippen LogP contribution in [0, 0.1) is 23.7 Å². The van der Waals surface area contributed by atoms with Crippen molar-refractivity contribution in [1.29, 1.82) is 0 Å². The fourth-order valence-corrected chi connectivity index (χ4v) is 7.66. The van der Waals surface area contributed by atoms with Crippen LogP contribution in [0.25, 0.3) is 0 Å². The monoisotopic (exact) mass is 595 g/mol. The lowest BCUT2D eigenvalue weighted by Crippen LogP contribution is -2.60. The lowest BCUT2D eigenvalue weighted by Gasteiger charge is -2.40. The van der Waals surface area contributed by atoms with Gasteiger partial charge in [0.05, 0.1) is 30.8 Å². The Morgan fingerprint density at radius 3 is 2.33 bits per heavy atom. The molecule has 1 N–H and O–H groups in total. The number of likely N-dealkylation sites (tertiary alicyclic amines) is 1. The van der Waals surface area contributed by atoms with Crippen LogP contribution in [-0.4, -0.2) is 83.9 Å². The summed E-state index contributed by atoms with van der Waals surface area (Å²) in [6.07, 6.45) is 4.26. The van der Waals surface area contributed by atoms with Crippen molar-refractivity contribution in [3.63, 3.8) is 0 Å². The molecular formula is C34H49N3O6. The Balaban J connectivity index is 1.82. The number of hydrogen-bond donors (Lipinski definition) is 1. The highest BCUT2D eigenvalue weighted by Crippen LogP contribution is 2.66. The minimum Gasteiger partial charge on any atom is -0.465 e. The zero-order valence-corrected chi connectivity index (χ0v) is 26.6. The summed E-state index contributed by atoms with van der Waals surface area (Å²) in [5.41, 5.74) is -0.496. The van der Waals surface area contributed by atoms with Crippen LogP contribution in [0.3, 0.4) is 0 Å². The summed E-state index contributed by atoms with van der Waals surface area (Å²) < 4.78 is 12.5. The predicted molar refractivity (Wildman–Crippen MR) is 168 cm³/mol. The molecule has 2 bridgehead atoms. The summed E-state index contributed by atoms with van der Waals surface area (Å²) in [6.45, 7) is 21.3. The number of ether oxygens (including phenoxy) is 2. The van der Waals surface area contributed by atoms with Crippen LogP contribution in [0.1, 0.15) is 54.4 Å². The number of carbonyl (C=O) groups excluding carboxylic acids is 3. The fraction of sp³-hybridized carbons (Fsp3) is 0.618. The van der Waals surface area contributed by atoms with Crippen molar-refractivity contribution < 1.29 is 29.0 Å². The van der Waals surface area contributed by atoms with Crippen LogP contribution >= 0.6 is 0 Å². The summed E-state index contributed by atoms with van der Waals surface area (Å²) in [6, 6.07) is 6.13. The zero-order chi connectivity index (χ0) is 31.7. The van der Waals surface area contributed by atoms with Gasteiger partial charge in [-0.2, -0.15) is 0 Å². The third-order valence-electron chi connectivity index (χ3n) is 9.99. The van der Waals surface area contributed by atoms with Crippen LogP contribution in [-0.2, 0) is 23.9 Å². The van der Waals surface area contributed by atoms with Gasteiger partial charge in [-0.25, -0.2) is 0 Å². The van der Waals surface area contributed by atoms with E-state index in [-0.39, 0.29) is 43.4 Å². The number of nitrogens with zero attached hydrogens (tertiary/aromatic N) is 3.